The molecule has 0 aliphatic rings. The van der Waals surface area contributed by atoms with E-state index in [0.29, 0.717) is 15.8 Å². The zero-order chi connectivity index (χ0) is 16.9. The van der Waals surface area contributed by atoms with Gasteiger partial charge in [-0.3, -0.25) is 4.79 Å². The Balaban J connectivity index is 1.67. The van der Waals surface area contributed by atoms with Crippen molar-refractivity contribution in [1.29, 1.82) is 0 Å². The van der Waals surface area contributed by atoms with Crippen molar-refractivity contribution in [2.75, 3.05) is 11.9 Å². The molecule has 3 aromatic rings. The van der Waals surface area contributed by atoms with Crippen molar-refractivity contribution < 1.29 is 13.9 Å². The predicted molar refractivity (Wildman–Crippen MR) is 89.6 cm³/mol. The normalized spacial score (nSPS) is 10.4. The molecule has 2 aromatic carbocycles. The third-order valence-corrected chi connectivity index (χ3v) is 3.59. The first-order valence-electron chi connectivity index (χ1n) is 6.95. The highest BCUT2D eigenvalue weighted by atomic mass is 79.9. The predicted octanol–water partition coefficient (Wildman–Crippen LogP) is 3.19. The molecule has 0 unspecified atom stereocenters. The number of anilines is 1. The van der Waals surface area contributed by atoms with E-state index in [9.17, 15) is 9.18 Å². The molecule has 1 amide bonds. The lowest BCUT2D eigenvalue weighted by molar-refractivity contribution is -0.118. The zero-order valence-corrected chi connectivity index (χ0v) is 13.9. The summed E-state index contributed by atoms with van der Waals surface area (Å²) < 4.78 is 21.0. The molecule has 0 aliphatic heterocycles. The van der Waals surface area contributed by atoms with Crippen LogP contribution in [0.4, 0.5) is 10.1 Å². The van der Waals surface area contributed by atoms with E-state index < -0.39 is 11.7 Å². The molecule has 0 saturated heterocycles. The zero-order valence-electron chi connectivity index (χ0n) is 12.3. The molecule has 8 heteroatoms. The molecule has 24 heavy (non-hydrogen) atoms. The van der Waals surface area contributed by atoms with E-state index in [0.717, 1.165) is 0 Å². The number of amides is 1. The Morgan fingerprint density at radius 2 is 2.12 bits per heavy atom. The second-order valence-corrected chi connectivity index (χ2v) is 5.68. The van der Waals surface area contributed by atoms with Gasteiger partial charge in [0, 0.05) is 4.47 Å². The summed E-state index contributed by atoms with van der Waals surface area (Å²) in [5.41, 5.74) is 1.21. The Labute approximate surface area is 145 Å². The van der Waals surface area contributed by atoms with Crippen LogP contribution < -0.4 is 10.1 Å². The van der Waals surface area contributed by atoms with Crippen LogP contribution >= 0.6 is 15.9 Å². The summed E-state index contributed by atoms with van der Waals surface area (Å²) in [7, 11) is 0. The van der Waals surface area contributed by atoms with Crippen molar-refractivity contribution in [1.82, 2.24) is 14.8 Å². The van der Waals surface area contributed by atoms with Gasteiger partial charge in [-0.2, -0.15) is 5.10 Å². The van der Waals surface area contributed by atoms with Crippen LogP contribution in [-0.2, 0) is 4.79 Å². The lowest BCUT2D eigenvalue weighted by atomic mass is 10.2. The van der Waals surface area contributed by atoms with Gasteiger partial charge in [0.25, 0.3) is 5.91 Å². The number of carbonyl (C=O) groups excluding carboxylic acids is 1. The number of carbonyl (C=O) groups is 1. The van der Waals surface area contributed by atoms with Crippen LogP contribution in [0.25, 0.3) is 5.69 Å². The number of ether oxygens (including phenoxy) is 1. The maximum atomic E-state index is 13.7. The average Bonchev–Trinajstić information content (AvgIpc) is 3.09. The Kier molecular flexibility index (Phi) is 4.85. The van der Waals surface area contributed by atoms with E-state index in [1.807, 2.05) is 6.07 Å². The van der Waals surface area contributed by atoms with Crippen LogP contribution in [0, 0.1) is 5.82 Å². The maximum absolute atomic E-state index is 13.7. The van der Waals surface area contributed by atoms with E-state index in [4.69, 9.17) is 4.74 Å². The number of para-hydroxylation sites is 2. The second-order valence-electron chi connectivity index (χ2n) is 4.77. The number of hydrogen-bond acceptors (Lipinski definition) is 4. The number of nitrogens with one attached hydrogen (secondary N) is 1. The van der Waals surface area contributed by atoms with Gasteiger partial charge in [0.05, 0.1) is 11.4 Å². The van der Waals surface area contributed by atoms with Gasteiger partial charge < -0.3 is 10.1 Å². The molecule has 122 valence electrons. The molecule has 0 spiro atoms. The third-order valence-electron chi connectivity index (χ3n) is 3.10. The molecule has 0 bridgehead atoms. The molecule has 0 saturated carbocycles. The summed E-state index contributed by atoms with van der Waals surface area (Å²) in [6.45, 7) is -0.315. The SMILES string of the molecule is O=C(COc1ccc(Br)cc1F)Nc1ccccc1-n1cncn1. The van der Waals surface area contributed by atoms with Crippen LogP contribution in [0.5, 0.6) is 5.75 Å². The molecule has 1 N–H and O–H groups in total. The number of aromatic nitrogens is 3. The summed E-state index contributed by atoms with van der Waals surface area (Å²) in [6.07, 6.45) is 2.93. The fourth-order valence-electron chi connectivity index (χ4n) is 2.03. The topological polar surface area (TPSA) is 69.0 Å². The molecule has 0 radical (unpaired) electrons. The Morgan fingerprint density at radius 1 is 1.29 bits per heavy atom. The molecule has 0 aliphatic carbocycles. The van der Waals surface area contributed by atoms with E-state index in [1.54, 1.807) is 24.3 Å². The van der Waals surface area contributed by atoms with E-state index in [-0.39, 0.29) is 12.4 Å². The van der Waals surface area contributed by atoms with Crippen molar-refractivity contribution in [3.63, 3.8) is 0 Å². The molecular formula is C16H12BrFN4O2. The lowest BCUT2D eigenvalue weighted by Gasteiger charge is -2.11. The van der Waals surface area contributed by atoms with Crippen LogP contribution in [0.3, 0.4) is 0 Å². The summed E-state index contributed by atoms with van der Waals surface area (Å²) >= 11 is 3.16. The van der Waals surface area contributed by atoms with Crippen molar-refractivity contribution >= 4 is 27.5 Å². The molecule has 0 fully saturated rings. The van der Waals surface area contributed by atoms with Gasteiger partial charge in [0.15, 0.2) is 18.2 Å². The smallest absolute Gasteiger partial charge is 0.262 e. The Morgan fingerprint density at radius 3 is 2.88 bits per heavy atom. The second kappa shape index (κ2) is 7.22. The van der Waals surface area contributed by atoms with Crippen molar-refractivity contribution in [2.45, 2.75) is 0 Å². The first kappa shape index (κ1) is 16.1. The standard InChI is InChI=1S/C16H12BrFN4O2/c17-11-5-6-15(12(18)7-11)24-8-16(23)21-13-3-1-2-4-14(13)22-10-19-9-20-22/h1-7,9-10H,8H2,(H,21,23). The Hall–Kier alpha value is -2.74. The van der Waals surface area contributed by atoms with E-state index in [1.165, 1.54) is 29.5 Å². The molecule has 6 nitrogen and oxygen atoms in total. The van der Waals surface area contributed by atoms with E-state index in [2.05, 4.69) is 31.3 Å². The summed E-state index contributed by atoms with van der Waals surface area (Å²) in [5.74, 6) is -0.942. The number of benzene rings is 2. The molecule has 1 aromatic heterocycles. The highest BCUT2D eigenvalue weighted by Gasteiger charge is 2.11. The van der Waals surface area contributed by atoms with Crippen molar-refractivity contribution in [3.8, 4) is 11.4 Å². The van der Waals surface area contributed by atoms with Crippen LogP contribution in [0.15, 0.2) is 59.6 Å². The van der Waals surface area contributed by atoms with Crippen LogP contribution in [-0.4, -0.2) is 27.3 Å². The minimum Gasteiger partial charge on any atom is -0.481 e. The van der Waals surface area contributed by atoms with Crippen LogP contribution in [0.1, 0.15) is 0 Å². The largest absolute Gasteiger partial charge is 0.481 e. The first-order chi connectivity index (χ1) is 11.6. The van der Waals surface area contributed by atoms with Gasteiger partial charge in [-0.25, -0.2) is 14.1 Å². The van der Waals surface area contributed by atoms with Gasteiger partial charge in [0.2, 0.25) is 0 Å². The van der Waals surface area contributed by atoms with Crippen molar-refractivity contribution in [2.24, 2.45) is 0 Å². The fourth-order valence-corrected chi connectivity index (χ4v) is 2.37. The number of rotatable bonds is 5. The summed E-state index contributed by atoms with van der Waals surface area (Å²) in [6, 6.07) is 11.5. The monoisotopic (exact) mass is 390 g/mol. The fraction of sp³-hybridized carbons (Fsp3) is 0.0625. The van der Waals surface area contributed by atoms with Crippen molar-refractivity contribution in [3.05, 3.63) is 65.4 Å². The molecular weight excluding hydrogens is 379 g/mol. The quantitative estimate of drug-likeness (QED) is 0.726. The minimum absolute atomic E-state index is 0.0120. The number of hydrogen-bond donors (Lipinski definition) is 1. The Bertz CT molecular complexity index is 855. The number of halogens is 2. The highest BCUT2D eigenvalue weighted by Crippen LogP contribution is 2.22. The molecule has 1 heterocycles. The molecule has 3 rings (SSSR count). The van der Waals surface area contributed by atoms with Gasteiger partial charge >= 0.3 is 0 Å². The van der Waals surface area contributed by atoms with Gasteiger partial charge in [-0.15, -0.1) is 0 Å². The molecule has 0 atom stereocenters. The minimum atomic E-state index is -0.541. The lowest BCUT2D eigenvalue weighted by Crippen LogP contribution is -2.21. The summed E-state index contributed by atoms with van der Waals surface area (Å²) in [4.78, 5) is 16.0. The summed E-state index contributed by atoms with van der Waals surface area (Å²) in [5, 5.41) is 6.75. The highest BCUT2D eigenvalue weighted by molar-refractivity contribution is 9.10. The first-order valence-corrected chi connectivity index (χ1v) is 7.74. The third kappa shape index (κ3) is 3.77. The van der Waals surface area contributed by atoms with Crippen LogP contribution in [0.2, 0.25) is 0 Å². The van der Waals surface area contributed by atoms with Gasteiger partial charge in [-0.1, -0.05) is 28.1 Å². The van der Waals surface area contributed by atoms with Gasteiger partial charge in [0.1, 0.15) is 12.7 Å². The maximum Gasteiger partial charge on any atom is 0.262 e. The number of nitrogens with zero attached hydrogens (tertiary/aromatic N) is 3. The average molecular weight is 391 g/mol. The van der Waals surface area contributed by atoms with Gasteiger partial charge in [-0.05, 0) is 30.3 Å². The van der Waals surface area contributed by atoms with E-state index >= 15 is 0 Å².